The Bertz CT molecular complexity index is 634. The fourth-order valence-corrected chi connectivity index (χ4v) is 2.66. The molecule has 8 heteroatoms. The summed E-state index contributed by atoms with van der Waals surface area (Å²) < 4.78 is 18.9. The first-order valence-corrected chi connectivity index (χ1v) is 7.87. The summed E-state index contributed by atoms with van der Waals surface area (Å²) in [7, 11) is 1.47. The molecule has 1 N–H and O–H groups in total. The lowest BCUT2D eigenvalue weighted by molar-refractivity contribution is 0.413. The first-order chi connectivity index (χ1) is 10.1. The number of ether oxygens (including phenoxy) is 1. The van der Waals surface area contributed by atoms with Crippen molar-refractivity contribution in [3.63, 3.8) is 0 Å². The minimum atomic E-state index is -0.428. The Hall–Kier alpha value is -1.24. The van der Waals surface area contributed by atoms with Gasteiger partial charge in [-0.2, -0.15) is 0 Å². The SMILES string of the molecule is COc1cccc(F)c1NCc1c(Cl)nc(SC)nc1Cl. The predicted molar refractivity (Wildman–Crippen MR) is 84.1 cm³/mol. The van der Waals surface area contributed by atoms with Crippen LogP contribution in [0.15, 0.2) is 23.4 Å². The van der Waals surface area contributed by atoms with Gasteiger partial charge in [0.1, 0.15) is 27.6 Å². The van der Waals surface area contributed by atoms with Crippen LogP contribution < -0.4 is 10.1 Å². The molecule has 112 valence electrons. The zero-order chi connectivity index (χ0) is 15.4. The lowest BCUT2D eigenvalue weighted by atomic mass is 10.2. The highest BCUT2D eigenvalue weighted by Crippen LogP contribution is 2.30. The van der Waals surface area contributed by atoms with Crippen LogP contribution in [-0.2, 0) is 6.54 Å². The second-order valence-electron chi connectivity index (χ2n) is 3.94. The molecule has 4 nitrogen and oxygen atoms in total. The number of hydrogen-bond donors (Lipinski definition) is 1. The van der Waals surface area contributed by atoms with E-state index in [9.17, 15) is 4.39 Å². The standard InChI is InChI=1S/C13H12Cl2FN3OS/c1-20-9-5-3-4-8(16)10(9)17-6-7-11(14)18-13(21-2)19-12(7)15/h3-5,17H,6H2,1-2H3. The molecule has 2 aromatic rings. The number of aromatic nitrogens is 2. The third kappa shape index (κ3) is 3.70. The quantitative estimate of drug-likeness (QED) is 0.497. The minimum absolute atomic E-state index is 0.184. The number of benzene rings is 1. The number of methoxy groups -OCH3 is 1. The minimum Gasteiger partial charge on any atom is -0.494 e. The normalized spacial score (nSPS) is 10.5. The van der Waals surface area contributed by atoms with Crippen LogP contribution in [0.5, 0.6) is 5.75 Å². The largest absolute Gasteiger partial charge is 0.494 e. The summed E-state index contributed by atoms with van der Waals surface area (Å²) in [5, 5.41) is 3.87. The molecule has 0 spiro atoms. The van der Waals surface area contributed by atoms with E-state index in [1.807, 2.05) is 6.26 Å². The summed E-state index contributed by atoms with van der Waals surface area (Å²) in [5.41, 5.74) is 0.738. The van der Waals surface area contributed by atoms with Crippen LogP contribution in [-0.4, -0.2) is 23.3 Å². The van der Waals surface area contributed by atoms with E-state index < -0.39 is 5.82 Å². The summed E-state index contributed by atoms with van der Waals surface area (Å²) in [4.78, 5) is 8.20. The number of halogens is 3. The topological polar surface area (TPSA) is 47.0 Å². The number of nitrogens with zero attached hydrogens (tertiary/aromatic N) is 2. The number of anilines is 1. The second-order valence-corrected chi connectivity index (χ2v) is 5.43. The van der Waals surface area contributed by atoms with Gasteiger partial charge in [0.25, 0.3) is 0 Å². The van der Waals surface area contributed by atoms with Crippen LogP contribution in [0.3, 0.4) is 0 Å². The molecule has 0 aliphatic carbocycles. The van der Waals surface area contributed by atoms with Crippen molar-refractivity contribution in [2.45, 2.75) is 11.7 Å². The smallest absolute Gasteiger partial charge is 0.190 e. The zero-order valence-electron chi connectivity index (χ0n) is 11.3. The van der Waals surface area contributed by atoms with Crippen LogP contribution >= 0.6 is 35.0 Å². The van der Waals surface area contributed by atoms with E-state index in [1.54, 1.807) is 12.1 Å². The molecule has 1 aromatic carbocycles. The number of rotatable bonds is 5. The first kappa shape index (κ1) is 16.1. The number of para-hydroxylation sites is 1. The fourth-order valence-electron chi connectivity index (χ4n) is 1.67. The van der Waals surface area contributed by atoms with Gasteiger partial charge in [0.2, 0.25) is 0 Å². The van der Waals surface area contributed by atoms with Crippen LogP contribution in [0.25, 0.3) is 0 Å². The number of thioether (sulfide) groups is 1. The lowest BCUT2D eigenvalue weighted by Gasteiger charge is -2.13. The maximum atomic E-state index is 13.8. The number of hydrogen-bond acceptors (Lipinski definition) is 5. The maximum Gasteiger partial charge on any atom is 0.190 e. The summed E-state index contributed by atoms with van der Waals surface area (Å²) >= 11 is 13.5. The molecule has 21 heavy (non-hydrogen) atoms. The molecular formula is C13H12Cl2FN3OS. The molecule has 1 aromatic heterocycles. The molecular weight excluding hydrogens is 336 g/mol. The van der Waals surface area contributed by atoms with Gasteiger partial charge in [-0.1, -0.05) is 41.0 Å². The Morgan fingerprint density at radius 1 is 1.29 bits per heavy atom. The van der Waals surface area contributed by atoms with Crippen molar-refractivity contribution in [1.82, 2.24) is 9.97 Å². The van der Waals surface area contributed by atoms with E-state index >= 15 is 0 Å². The van der Waals surface area contributed by atoms with Crippen molar-refractivity contribution < 1.29 is 9.13 Å². The van der Waals surface area contributed by atoms with Gasteiger partial charge in [-0.25, -0.2) is 14.4 Å². The average molecular weight is 348 g/mol. The van der Waals surface area contributed by atoms with Gasteiger partial charge >= 0.3 is 0 Å². The molecule has 0 unspecified atom stereocenters. The summed E-state index contributed by atoms with van der Waals surface area (Å²) in [6, 6.07) is 4.55. The van der Waals surface area contributed by atoms with Gasteiger partial charge in [-0.3, -0.25) is 0 Å². The van der Waals surface area contributed by atoms with Crippen molar-refractivity contribution in [2.24, 2.45) is 0 Å². The molecule has 0 atom stereocenters. The Balaban J connectivity index is 2.25. The average Bonchev–Trinajstić information content (AvgIpc) is 2.47. The number of nitrogens with one attached hydrogen (secondary N) is 1. The van der Waals surface area contributed by atoms with E-state index in [4.69, 9.17) is 27.9 Å². The van der Waals surface area contributed by atoms with E-state index in [0.717, 1.165) is 0 Å². The highest BCUT2D eigenvalue weighted by atomic mass is 35.5. The third-order valence-corrected chi connectivity index (χ3v) is 3.88. The van der Waals surface area contributed by atoms with E-state index in [0.29, 0.717) is 16.5 Å². The summed E-state index contributed by atoms with van der Waals surface area (Å²) in [5.74, 6) is -0.0351. The van der Waals surface area contributed by atoms with Crippen LogP contribution in [0.2, 0.25) is 10.3 Å². The molecule has 0 amide bonds. The van der Waals surface area contributed by atoms with Gasteiger partial charge in [-0.15, -0.1) is 0 Å². The molecule has 0 bridgehead atoms. The van der Waals surface area contributed by atoms with Crippen LogP contribution in [0.1, 0.15) is 5.56 Å². The van der Waals surface area contributed by atoms with Gasteiger partial charge in [0, 0.05) is 12.1 Å². The molecule has 2 rings (SSSR count). The van der Waals surface area contributed by atoms with E-state index in [-0.39, 0.29) is 22.5 Å². The molecule has 0 fully saturated rings. The first-order valence-electron chi connectivity index (χ1n) is 5.89. The Labute approximate surface area is 136 Å². The molecule has 0 radical (unpaired) electrons. The van der Waals surface area contributed by atoms with Gasteiger partial charge in [0.15, 0.2) is 5.16 Å². The molecule has 0 saturated carbocycles. The van der Waals surface area contributed by atoms with Crippen LogP contribution in [0.4, 0.5) is 10.1 Å². The van der Waals surface area contributed by atoms with Crippen molar-refractivity contribution in [1.29, 1.82) is 0 Å². The predicted octanol–water partition coefficient (Wildman–Crippen LogP) is 4.27. The highest BCUT2D eigenvalue weighted by Gasteiger charge is 2.14. The van der Waals surface area contributed by atoms with E-state index in [2.05, 4.69) is 15.3 Å². The fraction of sp³-hybridized carbons (Fsp3) is 0.231. The van der Waals surface area contributed by atoms with Crippen molar-refractivity contribution in [3.8, 4) is 5.75 Å². The molecule has 1 heterocycles. The van der Waals surface area contributed by atoms with Gasteiger partial charge in [0.05, 0.1) is 7.11 Å². The Kier molecular flexibility index (Phi) is 5.50. The summed E-state index contributed by atoms with van der Waals surface area (Å²) in [6.45, 7) is 0.184. The van der Waals surface area contributed by atoms with E-state index in [1.165, 1.54) is 24.9 Å². The second kappa shape index (κ2) is 7.15. The Morgan fingerprint density at radius 2 is 1.95 bits per heavy atom. The van der Waals surface area contributed by atoms with Crippen molar-refractivity contribution >= 4 is 40.7 Å². The zero-order valence-corrected chi connectivity index (χ0v) is 13.6. The molecule has 0 aliphatic heterocycles. The van der Waals surface area contributed by atoms with Crippen molar-refractivity contribution in [3.05, 3.63) is 39.9 Å². The molecule has 0 saturated heterocycles. The summed E-state index contributed by atoms with van der Waals surface area (Å²) in [6.07, 6.45) is 1.82. The lowest BCUT2D eigenvalue weighted by Crippen LogP contribution is -2.06. The Morgan fingerprint density at radius 3 is 2.52 bits per heavy atom. The highest BCUT2D eigenvalue weighted by molar-refractivity contribution is 7.98. The van der Waals surface area contributed by atoms with Gasteiger partial charge in [-0.05, 0) is 18.4 Å². The van der Waals surface area contributed by atoms with Crippen molar-refractivity contribution in [2.75, 3.05) is 18.7 Å². The molecule has 0 aliphatic rings. The van der Waals surface area contributed by atoms with Crippen LogP contribution in [0, 0.1) is 5.82 Å². The van der Waals surface area contributed by atoms with Gasteiger partial charge < -0.3 is 10.1 Å². The third-order valence-electron chi connectivity index (χ3n) is 2.71. The monoisotopic (exact) mass is 347 g/mol. The maximum absolute atomic E-state index is 13.8.